The summed E-state index contributed by atoms with van der Waals surface area (Å²) in [5, 5.41) is 19.0. The topological polar surface area (TPSA) is 50.2 Å². The van der Waals surface area contributed by atoms with E-state index in [1.165, 1.54) is 52.8 Å². The minimum atomic E-state index is -0.337. The summed E-state index contributed by atoms with van der Waals surface area (Å²) in [6, 6.07) is 21.6. The van der Waals surface area contributed by atoms with Gasteiger partial charge in [0.25, 0.3) is 0 Å². The fraction of sp³-hybridized carbons (Fsp3) is 0.435. The minimum absolute atomic E-state index is 0. The van der Waals surface area contributed by atoms with Crippen molar-refractivity contribution in [3.63, 3.8) is 0 Å². The molecule has 52 heavy (non-hydrogen) atoms. The summed E-state index contributed by atoms with van der Waals surface area (Å²) < 4.78 is 3.98. The van der Waals surface area contributed by atoms with Gasteiger partial charge >= 0.3 is 0 Å². The zero-order valence-corrected chi connectivity index (χ0v) is 36.9. The Balaban J connectivity index is 0.000000289. The molecule has 6 aromatic rings. The van der Waals surface area contributed by atoms with E-state index in [4.69, 9.17) is 4.98 Å². The van der Waals surface area contributed by atoms with Crippen LogP contribution in [0.2, 0.25) is 0 Å². The number of allylic oxidation sites excluding steroid dienone is 2. The fourth-order valence-corrected chi connectivity index (χ4v) is 9.02. The molecule has 3 aromatic carbocycles. The van der Waals surface area contributed by atoms with Gasteiger partial charge < -0.3 is 5.11 Å². The molecular weight excluding hydrogens is 855 g/mol. The minimum Gasteiger partial charge on any atom is -0.512 e. The van der Waals surface area contributed by atoms with Crippen molar-refractivity contribution >= 4 is 69.5 Å². The Morgan fingerprint density at radius 1 is 0.846 bits per heavy atom. The summed E-state index contributed by atoms with van der Waals surface area (Å²) in [6.07, 6.45) is 7.85. The van der Waals surface area contributed by atoms with Crippen molar-refractivity contribution in [2.45, 2.75) is 114 Å². The maximum Gasteiger partial charge on any atom is 0.164 e. The Morgan fingerprint density at radius 2 is 1.50 bits per heavy atom. The van der Waals surface area contributed by atoms with Crippen molar-refractivity contribution in [2.24, 2.45) is 16.7 Å². The number of nitrogens with zero attached hydrogens (tertiary/aromatic N) is 1. The molecule has 0 amide bonds. The molecule has 0 bridgehead atoms. The van der Waals surface area contributed by atoms with Crippen LogP contribution in [0.25, 0.3) is 52.3 Å². The second-order valence-electron chi connectivity index (χ2n) is 16.2. The molecule has 3 aromatic heterocycles. The number of carbonyl (C=O) groups excluding carboxylic acids is 1. The molecule has 0 atom stereocenters. The molecule has 0 saturated carbocycles. The molecule has 6 rings (SSSR count). The molecule has 1 N–H and O–H groups in total. The summed E-state index contributed by atoms with van der Waals surface area (Å²) in [4.78, 5) is 17.1. The summed E-state index contributed by atoms with van der Waals surface area (Å²) in [5.41, 5.74) is 4.38. The van der Waals surface area contributed by atoms with Gasteiger partial charge in [-0.2, -0.15) is 0 Å². The second kappa shape index (κ2) is 16.6. The van der Waals surface area contributed by atoms with Gasteiger partial charge in [0.05, 0.1) is 0 Å². The molecule has 0 saturated heterocycles. The number of fused-ring (bicyclic) bond motifs is 5. The van der Waals surface area contributed by atoms with Gasteiger partial charge in [0.2, 0.25) is 0 Å². The summed E-state index contributed by atoms with van der Waals surface area (Å²) in [5.74, 6) is 0.942. The van der Waals surface area contributed by atoms with Crippen molar-refractivity contribution in [1.29, 1.82) is 0 Å². The van der Waals surface area contributed by atoms with Crippen LogP contribution in [0.5, 0.6) is 0 Å². The molecule has 6 heteroatoms. The molecule has 3 nitrogen and oxygen atoms in total. The SMILES string of the molecule is CC(C)Cc1csc2cc3sc4c(-c5[c-]c6ccccc6c(C(C)(C)C)c5)nccc4c3cc12.CCC(C)(CC)C(=O)/C=C(\O)C(C)(CC)CC.[Ir]. The van der Waals surface area contributed by atoms with Gasteiger partial charge in [0.15, 0.2) is 5.78 Å². The molecule has 0 aliphatic rings. The Kier molecular flexibility index (Phi) is 13.4. The second-order valence-corrected chi connectivity index (χ2v) is 18.1. The average Bonchev–Trinajstić information content (AvgIpc) is 3.68. The van der Waals surface area contributed by atoms with Gasteiger partial charge in [-0.3, -0.25) is 9.78 Å². The number of thiophene rings is 2. The van der Waals surface area contributed by atoms with Gasteiger partial charge in [-0.05, 0) is 83.4 Å². The average molecular weight is 911 g/mol. The number of pyridine rings is 1. The number of aliphatic hydroxyl groups excluding tert-OH is 1. The van der Waals surface area contributed by atoms with Gasteiger partial charge in [-0.25, -0.2) is 0 Å². The third-order valence-corrected chi connectivity index (χ3v) is 13.4. The molecule has 1 radical (unpaired) electrons. The van der Waals surface area contributed by atoms with Crippen LogP contribution in [0.3, 0.4) is 0 Å². The van der Waals surface area contributed by atoms with Crippen molar-refractivity contribution in [1.82, 2.24) is 4.98 Å². The van der Waals surface area contributed by atoms with Crippen LogP contribution >= 0.6 is 22.7 Å². The van der Waals surface area contributed by atoms with E-state index >= 15 is 0 Å². The van der Waals surface area contributed by atoms with E-state index in [1.807, 2.05) is 70.4 Å². The Morgan fingerprint density at radius 3 is 2.12 bits per heavy atom. The quantitative estimate of drug-likeness (QED) is 0.0846. The van der Waals surface area contributed by atoms with E-state index in [2.05, 4.69) is 94.6 Å². The predicted molar refractivity (Wildman–Crippen MR) is 225 cm³/mol. The van der Waals surface area contributed by atoms with Crippen molar-refractivity contribution < 1.29 is 30.0 Å². The number of aliphatic hydroxyl groups is 1. The number of aromatic nitrogens is 1. The summed E-state index contributed by atoms with van der Waals surface area (Å²) in [7, 11) is 0. The zero-order valence-electron chi connectivity index (χ0n) is 32.9. The van der Waals surface area contributed by atoms with Crippen LogP contribution in [-0.2, 0) is 36.7 Å². The normalized spacial score (nSPS) is 12.8. The van der Waals surface area contributed by atoms with Gasteiger partial charge in [0, 0.05) is 68.4 Å². The zero-order chi connectivity index (χ0) is 37.3. The summed E-state index contributed by atoms with van der Waals surface area (Å²) >= 11 is 3.74. The van der Waals surface area contributed by atoms with Crippen LogP contribution in [0, 0.1) is 22.8 Å². The van der Waals surface area contributed by atoms with Crippen molar-refractivity contribution in [2.75, 3.05) is 0 Å². The Hall–Kier alpha value is -2.89. The third kappa shape index (κ3) is 8.41. The molecule has 3 heterocycles. The van der Waals surface area contributed by atoms with Crippen LogP contribution in [0.1, 0.15) is 113 Å². The first-order valence-electron chi connectivity index (χ1n) is 18.7. The maximum absolute atomic E-state index is 12.2. The smallest absolute Gasteiger partial charge is 0.164 e. The maximum atomic E-state index is 12.2. The van der Waals surface area contributed by atoms with E-state index in [0.717, 1.165) is 48.7 Å². The third-order valence-electron chi connectivity index (χ3n) is 11.2. The molecule has 0 spiro atoms. The molecule has 0 aliphatic carbocycles. The van der Waals surface area contributed by atoms with E-state index in [0.29, 0.717) is 5.92 Å². The molecule has 0 unspecified atom stereocenters. The predicted octanol–water partition coefficient (Wildman–Crippen LogP) is 14.4. The van der Waals surface area contributed by atoms with E-state index in [1.54, 1.807) is 0 Å². The van der Waals surface area contributed by atoms with Crippen LogP contribution < -0.4 is 0 Å². The fourth-order valence-electron chi connectivity index (χ4n) is 6.73. The Bertz CT molecular complexity index is 2210. The first-order valence-corrected chi connectivity index (χ1v) is 20.4. The van der Waals surface area contributed by atoms with Crippen LogP contribution in [0.15, 0.2) is 71.9 Å². The molecule has 0 aliphatic heterocycles. The number of rotatable bonds is 10. The van der Waals surface area contributed by atoms with E-state index < -0.39 is 0 Å². The van der Waals surface area contributed by atoms with Crippen molar-refractivity contribution in [3.8, 4) is 11.3 Å². The van der Waals surface area contributed by atoms with Gasteiger partial charge in [0.1, 0.15) is 5.76 Å². The number of ketones is 1. The first-order chi connectivity index (χ1) is 24.1. The van der Waals surface area contributed by atoms with Gasteiger partial charge in [-0.1, -0.05) is 105 Å². The van der Waals surface area contributed by atoms with Crippen molar-refractivity contribution in [3.05, 3.63) is 89.1 Å². The van der Waals surface area contributed by atoms with E-state index in [-0.39, 0.29) is 47.9 Å². The molecular formula is C46H56IrNO2S2-. The van der Waals surface area contributed by atoms with Gasteiger partial charge in [-0.15, -0.1) is 51.8 Å². The van der Waals surface area contributed by atoms with E-state index in [9.17, 15) is 9.90 Å². The molecule has 0 fully saturated rings. The number of benzene rings is 3. The Labute approximate surface area is 333 Å². The largest absolute Gasteiger partial charge is 0.512 e. The molecule has 279 valence electrons. The first kappa shape index (κ1) is 41.9. The monoisotopic (exact) mass is 911 g/mol. The number of carbonyl (C=O) groups is 1. The number of hydrogen-bond donors (Lipinski definition) is 1. The number of hydrogen-bond acceptors (Lipinski definition) is 5. The van der Waals surface area contributed by atoms with Crippen LogP contribution in [-0.4, -0.2) is 15.9 Å². The van der Waals surface area contributed by atoms with Crippen LogP contribution in [0.4, 0.5) is 0 Å². The summed E-state index contributed by atoms with van der Waals surface area (Å²) in [6.45, 7) is 23.5. The standard InChI is InChI=1S/C31H28NS2.C15H28O2.Ir/c1-18(2)12-21-17-33-27-16-28-25(15-24(21)27)23-10-11-32-29(30(23)34-28)20-13-19-8-6-7-9-22(19)26(14-20)31(3,4)5;1-7-14(5,8-2)12(16)11-13(17)15(6,9-3)10-4;/h6-11,14-18H,12H2,1-5H3;11,16H,7-10H2,1-6H3;/q-1;;/b;12-11-;.